The largest absolute Gasteiger partial charge is 0.388 e. The predicted octanol–water partition coefficient (Wildman–Crippen LogP) is 3.80. The molecule has 0 amide bonds. The van der Waals surface area contributed by atoms with E-state index in [2.05, 4.69) is 20.8 Å². The van der Waals surface area contributed by atoms with E-state index < -0.39 is 0 Å². The van der Waals surface area contributed by atoms with Crippen molar-refractivity contribution in [3.05, 3.63) is 0 Å². The third-order valence-corrected chi connectivity index (χ3v) is 4.47. The van der Waals surface area contributed by atoms with E-state index in [1.165, 1.54) is 19.3 Å². The first kappa shape index (κ1) is 18.2. The minimum atomic E-state index is -0.223. The quantitative estimate of drug-likeness (QED) is 0.346. The van der Waals surface area contributed by atoms with Gasteiger partial charge in [0.2, 0.25) is 0 Å². The number of aliphatic hydroxyl groups is 1. The van der Waals surface area contributed by atoms with Crippen LogP contribution in [0.5, 0.6) is 0 Å². The van der Waals surface area contributed by atoms with Gasteiger partial charge in [-0.3, -0.25) is 0 Å². The predicted molar refractivity (Wildman–Crippen MR) is 81.2 cm³/mol. The SMILES string of the molecule is CCCCCC(Cl)CC[N+](CC)(CC)CC(C)O. The van der Waals surface area contributed by atoms with Crippen molar-refractivity contribution in [2.45, 2.75) is 71.3 Å². The summed E-state index contributed by atoms with van der Waals surface area (Å²) in [7, 11) is 0. The van der Waals surface area contributed by atoms with Crippen LogP contribution in [0, 0.1) is 0 Å². The summed E-state index contributed by atoms with van der Waals surface area (Å²) in [5.74, 6) is 0. The van der Waals surface area contributed by atoms with Crippen LogP contribution in [-0.2, 0) is 0 Å². The standard InChI is InChI=1S/C15H33ClNO/c1-5-8-9-10-15(16)11-12-17(6-2,7-3)13-14(4)18/h14-15,18H,5-13H2,1-4H3/q+1. The van der Waals surface area contributed by atoms with Gasteiger partial charge in [-0.15, -0.1) is 11.6 Å². The molecule has 0 aliphatic carbocycles. The van der Waals surface area contributed by atoms with Crippen LogP contribution in [0.1, 0.15) is 59.8 Å². The Morgan fingerprint density at radius 2 is 1.67 bits per heavy atom. The summed E-state index contributed by atoms with van der Waals surface area (Å²) >= 11 is 6.40. The van der Waals surface area contributed by atoms with Gasteiger partial charge in [-0.25, -0.2) is 0 Å². The van der Waals surface area contributed by atoms with Gasteiger partial charge in [0.05, 0.1) is 19.6 Å². The van der Waals surface area contributed by atoms with E-state index >= 15 is 0 Å². The van der Waals surface area contributed by atoms with Crippen molar-refractivity contribution in [2.75, 3.05) is 26.2 Å². The van der Waals surface area contributed by atoms with Gasteiger partial charge in [-0.1, -0.05) is 26.2 Å². The number of aliphatic hydroxyl groups excluding tert-OH is 1. The van der Waals surface area contributed by atoms with E-state index in [1.54, 1.807) is 0 Å². The van der Waals surface area contributed by atoms with Crippen molar-refractivity contribution < 1.29 is 9.59 Å². The highest BCUT2D eigenvalue weighted by molar-refractivity contribution is 6.20. The Balaban J connectivity index is 4.09. The second-order valence-corrected chi connectivity index (χ2v) is 6.23. The molecule has 1 N–H and O–H groups in total. The summed E-state index contributed by atoms with van der Waals surface area (Å²) in [6, 6.07) is 0. The van der Waals surface area contributed by atoms with Crippen LogP contribution in [0.2, 0.25) is 0 Å². The third-order valence-electron chi connectivity index (χ3n) is 4.03. The minimum Gasteiger partial charge on any atom is -0.388 e. The molecule has 0 aromatic rings. The Bertz CT molecular complexity index is 193. The molecule has 0 spiro atoms. The average molecular weight is 279 g/mol. The van der Waals surface area contributed by atoms with Crippen LogP contribution in [0.15, 0.2) is 0 Å². The molecule has 0 saturated heterocycles. The zero-order chi connectivity index (χ0) is 14.0. The molecule has 110 valence electrons. The van der Waals surface area contributed by atoms with Gasteiger partial charge in [0.1, 0.15) is 12.6 Å². The molecule has 0 aliphatic heterocycles. The molecule has 0 fully saturated rings. The fourth-order valence-electron chi connectivity index (χ4n) is 2.62. The number of quaternary nitrogens is 1. The van der Waals surface area contributed by atoms with Gasteiger partial charge >= 0.3 is 0 Å². The Labute approximate surface area is 119 Å². The van der Waals surface area contributed by atoms with Crippen LogP contribution in [0.3, 0.4) is 0 Å². The Hall–Kier alpha value is 0.210. The lowest BCUT2D eigenvalue weighted by atomic mass is 10.1. The van der Waals surface area contributed by atoms with Gasteiger partial charge in [0, 0.05) is 11.8 Å². The van der Waals surface area contributed by atoms with Crippen LogP contribution >= 0.6 is 11.6 Å². The Kier molecular flexibility index (Phi) is 10.2. The van der Waals surface area contributed by atoms with E-state index in [1.807, 2.05) is 6.92 Å². The van der Waals surface area contributed by atoms with Crippen molar-refractivity contribution in [1.82, 2.24) is 0 Å². The normalized spacial score (nSPS) is 15.7. The molecular formula is C15H33ClNO+. The monoisotopic (exact) mass is 278 g/mol. The number of halogens is 1. The van der Waals surface area contributed by atoms with E-state index in [4.69, 9.17) is 11.6 Å². The highest BCUT2D eigenvalue weighted by Gasteiger charge is 2.25. The summed E-state index contributed by atoms with van der Waals surface area (Å²) in [4.78, 5) is 0. The molecule has 2 atom stereocenters. The Morgan fingerprint density at radius 1 is 1.06 bits per heavy atom. The molecule has 0 aliphatic rings. The van der Waals surface area contributed by atoms with Crippen molar-refractivity contribution in [3.63, 3.8) is 0 Å². The van der Waals surface area contributed by atoms with Gasteiger partial charge in [0.15, 0.2) is 0 Å². The van der Waals surface area contributed by atoms with Crippen LogP contribution in [-0.4, -0.2) is 47.2 Å². The molecule has 0 aromatic carbocycles. The maximum Gasteiger partial charge on any atom is 0.105 e. The van der Waals surface area contributed by atoms with Gasteiger partial charge in [-0.05, 0) is 27.2 Å². The fraction of sp³-hybridized carbons (Fsp3) is 1.00. The molecule has 0 bridgehead atoms. The van der Waals surface area contributed by atoms with Crippen LogP contribution < -0.4 is 0 Å². The summed E-state index contributed by atoms with van der Waals surface area (Å²) < 4.78 is 0.995. The number of hydrogen-bond donors (Lipinski definition) is 1. The maximum absolute atomic E-state index is 9.64. The molecule has 3 heteroatoms. The molecule has 0 radical (unpaired) electrons. The average Bonchev–Trinajstić information content (AvgIpc) is 2.34. The molecule has 0 aromatic heterocycles. The van der Waals surface area contributed by atoms with Crippen molar-refractivity contribution in [2.24, 2.45) is 0 Å². The summed E-state index contributed by atoms with van der Waals surface area (Å²) in [5.41, 5.74) is 0. The number of unbranched alkanes of at least 4 members (excludes halogenated alkanes) is 2. The van der Waals surface area contributed by atoms with Crippen LogP contribution in [0.4, 0.5) is 0 Å². The number of rotatable bonds is 11. The van der Waals surface area contributed by atoms with Crippen molar-refractivity contribution in [1.29, 1.82) is 0 Å². The van der Waals surface area contributed by atoms with E-state index in [-0.39, 0.29) is 6.10 Å². The second-order valence-electron chi connectivity index (χ2n) is 5.61. The minimum absolute atomic E-state index is 0.223. The molecule has 2 unspecified atom stereocenters. The highest BCUT2D eigenvalue weighted by Crippen LogP contribution is 2.17. The molecule has 0 heterocycles. The number of alkyl halides is 1. The van der Waals surface area contributed by atoms with Crippen molar-refractivity contribution in [3.8, 4) is 0 Å². The molecule has 0 saturated carbocycles. The molecule has 2 nitrogen and oxygen atoms in total. The topological polar surface area (TPSA) is 20.2 Å². The number of likely N-dealkylation sites (N-methyl/N-ethyl adjacent to an activating group) is 1. The summed E-state index contributed by atoms with van der Waals surface area (Å²) in [6.45, 7) is 12.7. The highest BCUT2D eigenvalue weighted by atomic mass is 35.5. The number of hydrogen-bond acceptors (Lipinski definition) is 1. The number of nitrogens with zero attached hydrogens (tertiary/aromatic N) is 1. The third kappa shape index (κ3) is 7.60. The lowest BCUT2D eigenvalue weighted by molar-refractivity contribution is -0.927. The molecular weight excluding hydrogens is 246 g/mol. The molecule has 18 heavy (non-hydrogen) atoms. The summed E-state index contributed by atoms with van der Waals surface area (Å²) in [6.07, 6.45) is 5.78. The summed E-state index contributed by atoms with van der Waals surface area (Å²) in [5, 5.41) is 9.95. The first-order chi connectivity index (χ1) is 8.49. The van der Waals surface area contributed by atoms with Gasteiger partial charge < -0.3 is 9.59 Å². The van der Waals surface area contributed by atoms with Gasteiger partial charge in [0.25, 0.3) is 0 Å². The first-order valence-electron chi connectivity index (χ1n) is 7.66. The zero-order valence-electron chi connectivity index (χ0n) is 12.8. The van der Waals surface area contributed by atoms with E-state index in [0.29, 0.717) is 5.38 Å². The molecule has 0 rings (SSSR count). The second kappa shape index (κ2) is 10.1. The maximum atomic E-state index is 9.64. The van der Waals surface area contributed by atoms with Crippen LogP contribution in [0.25, 0.3) is 0 Å². The van der Waals surface area contributed by atoms with Gasteiger partial charge in [-0.2, -0.15) is 0 Å². The lowest BCUT2D eigenvalue weighted by Gasteiger charge is -2.38. The Morgan fingerprint density at radius 3 is 2.11 bits per heavy atom. The lowest BCUT2D eigenvalue weighted by Crippen LogP contribution is -2.52. The smallest absolute Gasteiger partial charge is 0.105 e. The zero-order valence-corrected chi connectivity index (χ0v) is 13.5. The van der Waals surface area contributed by atoms with Crippen molar-refractivity contribution >= 4 is 11.6 Å². The van der Waals surface area contributed by atoms with E-state index in [9.17, 15) is 5.11 Å². The first-order valence-corrected chi connectivity index (χ1v) is 8.10. The van der Waals surface area contributed by atoms with E-state index in [0.717, 1.165) is 43.5 Å². The fourth-order valence-corrected chi connectivity index (χ4v) is 2.88.